The van der Waals surface area contributed by atoms with Crippen LogP contribution in [0.2, 0.25) is 5.02 Å². The monoisotopic (exact) mass is 476 g/mol. The van der Waals surface area contributed by atoms with Crippen LogP contribution >= 0.6 is 11.6 Å². The summed E-state index contributed by atoms with van der Waals surface area (Å²) in [6.07, 6.45) is -0.945. The van der Waals surface area contributed by atoms with E-state index >= 15 is 0 Å². The molecule has 10 heteroatoms. The molecule has 0 fully saturated rings. The van der Waals surface area contributed by atoms with Gasteiger partial charge in [0.2, 0.25) is 0 Å². The first-order valence-corrected chi connectivity index (χ1v) is 11.3. The molecule has 0 saturated heterocycles. The van der Waals surface area contributed by atoms with Crippen LogP contribution < -0.4 is 19.5 Å². The minimum absolute atomic E-state index is 0.0838. The normalized spacial score (nSPS) is 12.0. The molecular formula is C22H21ClN2O6S. The van der Waals surface area contributed by atoms with E-state index in [-0.39, 0.29) is 22.0 Å². The van der Waals surface area contributed by atoms with Gasteiger partial charge in [0.05, 0.1) is 23.4 Å². The molecule has 0 aliphatic heterocycles. The number of carbonyl (C=O) groups excluding carboxylic acids is 1. The van der Waals surface area contributed by atoms with Crippen molar-refractivity contribution in [1.29, 1.82) is 0 Å². The lowest BCUT2D eigenvalue weighted by molar-refractivity contribution is -0.122. The highest BCUT2D eigenvalue weighted by Crippen LogP contribution is 2.30. The van der Waals surface area contributed by atoms with Crippen LogP contribution in [0.3, 0.4) is 0 Å². The van der Waals surface area contributed by atoms with Gasteiger partial charge < -0.3 is 19.9 Å². The number of phenols is 1. The van der Waals surface area contributed by atoms with E-state index < -0.39 is 22.0 Å². The van der Waals surface area contributed by atoms with Gasteiger partial charge in [0, 0.05) is 5.02 Å². The number of sulfonamides is 1. The minimum atomic E-state index is -4.03. The lowest BCUT2D eigenvalue weighted by Crippen LogP contribution is -2.30. The molecular weight excluding hydrogens is 456 g/mol. The number of phenolic OH excluding ortho intramolecular Hbond substituents is 1. The number of aromatic hydroxyl groups is 1. The number of ether oxygens (including phenoxy) is 2. The van der Waals surface area contributed by atoms with E-state index in [9.17, 15) is 18.3 Å². The zero-order chi connectivity index (χ0) is 23.3. The molecule has 1 amide bonds. The maximum absolute atomic E-state index is 12.8. The van der Waals surface area contributed by atoms with Gasteiger partial charge >= 0.3 is 0 Å². The molecule has 0 radical (unpaired) electrons. The smallest absolute Gasteiger partial charge is 0.265 e. The molecule has 0 heterocycles. The van der Waals surface area contributed by atoms with Crippen molar-refractivity contribution in [2.75, 3.05) is 17.1 Å². The molecule has 0 aromatic heterocycles. The molecule has 3 aromatic carbocycles. The van der Waals surface area contributed by atoms with Gasteiger partial charge in [-0.3, -0.25) is 9.52 Å². The molecule has 0 bridgehead atoms. The van der Waals surface area contributed by atoms with Crippen molar-refractivity contribution in [3.63, 3.8) is 0 Å². The van der Waals surface area contributed by atoms with E-state index in [1.165, 1.54) is 26.2 Å². The van der Waals surface area contributed by atoms with Crippen LogP contribution in [-0.2, 0) is 14.8 Å². The van der Waals surface area contributed by atoms with Crippen LogP contribution in [0.15, 0.2) is 71.6 Å². The standard InChI is InChI=1S/C22H21ClN2O6S/c1-14(31-16-7-5-6-15(23)12-16)22(27)24-19-13-17(10-11-20(19)26)32(28,29)25-18-8-3-4-9-21(18)30-2/h3-14,25-26H,1-2H3,(H,24,27). The van der Waals surface area contributed by atoms with E-state index in [2.05, 4.69) is 10.0 Å². The first kappa shape index (κ1) is 23.2. The average molecular weight is 477 g/mol. The molecule has 32 heavy (non-hydrogen) atoms. The molecule has 8 nitrogen and oxygen atoms in total. The van der Waals surface area contributed by atoms with Gasteiger partial charge in [0.25, 0.3) is 15.9 Å². The van der Waals surface area contributed by atoms with Crippen molar-refractivity contribution in [2.45, 2.75) is 17.9 Å². The third kappa shape index (κ3) is 5.63. The van der Waals surface area contributed by atoms with E-state index in [1.807, 2.05) is 0 Å². The van der Waals surface area contributed by atoms with Crippen molar-refractivity contribution in [3.05, 3.63) is 71.8 Å². The number of hydrogen-bond acceptors (Lipinski definition) is 6. The van der Waals surface area contributed by atoms with Gasteiger partial charge in [-0.1, -0.05) is 29.8 Å². The number of para-hydroxylation sites is 2. The maximum atomic E-state index is 12.8. The molecule has 0 spiro atoms. The third-order valence-electron chi connectivity index (χ3n) is 4.37. The molecule has 1 atom stereocenters. The SMILES string of the molecule is COc1ccccc1NS(=O)(=O)c1ccc(O)c(NC(=O)C(C)Oc2cccc(Cl)c2)c1. The number of hydrogen-bond donors (Lipinski definition) is 3. The lowest BCUT2D eigenvalue weighted by atomic mass is 10.2. The van der Waals surface area contributed by atoms with Crippen molar-refractivity contribution < 1.29 is 27.8 Å². The number of nitrogens with one attached hydrogen (secondary N) is 2. The van der Waals surface area contributed by atoms with Crippen LogP contribution in [0.1, 0.15) is 6.92 Å². The first-order chi connectivity index (χ1) is 15.2. The zero-order valence-corrected chi connectivity index (χ0v) is 18.8. The second-order valence-electron chi connectivity index (χ2n) is 6.69. The second kappa shape index (κ2) is 9.80. The summed E-state index contributed by atoms with van der Waals surface area (Å²) in [5, 5.41) is 13.1. The fourth-order valence-electron chi connectivity index (χ4n) is 2.75. The highest BCUT2D eigenvalue weighted by atomic mass is 35.5. The quantitative estimate of drug-likeness (QED) is 0.418. The maximum Gasteiger partial charge on any atom is 0.265 e. The summed E-state index contributed by atoms with van der Waals surface area (Å²) in [4.78, 5) is 12.4. The molecule has 3 N–H and O–H groups in total. The van der Waals surface area contributed by atoms with E-state index in [0.29, 0.717) is 16.5 Å². The lowest BCUT2D eigenvalue weighted by Gasteiger charge is -2.16. The van der Waals surface area contributed by atoms with Gasteiger partial charge in [-0.25, -0.2) is 8.42 Å². The van der Waals surface area contributed by atoms with Crippen LogP contribution in [0, 0.1) is 0 Å². The van der Waals surface area contributed by atoms with E-state index in [4.69, 9.17) is 21.1 Å². The fourth-order valence-corrected chi connectivity index (χ4v) is 4.02. The molecule has 0 aliphatic carbocycles. The Kier molecular flexibility index (Phi) is 7.12. The van der Waals surface area contributed by atoms with Crippen LogP contribution in [0.4, 0.5) is 11.4 Å². The molecule has 168 valence electrons. The van der Waals surface area contributed by atoms with Gasteiger partial charge in [-0.15, -0.1) is 0 Å². The van der Waals surface area contributed by atoms with Crippen LogP contribution in [0.5, 0.6) is 17.2 Å². The molecule has 0 saturated carbocycles. The summed E-state index contributed by atoms with van der Waals surface area (Å²) in [5.41, 5.74) is 0.164. The number of anilines is 2. The molecule has 3 aromatic rings. The Hall–Kier alpha value is -3.43. The highest BCUT2D eigenvalue weighted by molar-refractivity contribution is 7.92. The Bertz CT molecular complexity index is 1230. The molecule has 0 aliphatic rings. The third-order valence-corrected chi connectivity index (χ3v) is 5.96. The summed E-state index contributed by atoms with van der Waals surface area (Å²) >= 11 is 5.91. The van der Waals surface area contributed by atoms with E-state index in [1.54, 1.807) is 48.5 Å². The predicted molar refractivity (Wildman–Crippen MR) is 122 cm³/mol. The van der Waals surface area contributed by atoms with Crippen molar-refractivity contribution in [3.8, 4) is 17.2 Å². The zero-order valence-electron chi connectivity index (χ0n) is 17.2. The molecule has 1 unspecified atom stereocenters. The number of carbonyl (C=O) groups is 1. The fraction of sp³-hybridized carbons (Fsp3) is 0.136. The Morgan fingerprint density at radius 1 is 1.03 bits per heavy atom. The summed E-state index contributed by atoms with van der Waals surface area (Å²) in [6, 6.07) is 16.6. The summed E-state index contributed by atoms with van der Waals surface area (Å²) in [5.74, 6) is -0.158. The summed E-state index contributed by atoms with van der Waals surface area (Å²) in [7, 11) is -2.61. The molecule has 3 rings (SSSR count). The Balaban J connectivity index is 1.78. The highest BCUT2D eigenvalue weighted by Gasteiger charge is 2.21. The van der Waals surface area contributed by atoms with Crippen molar-refractivity contribution >= 4 is 38.9 Å². The number of amides is 1. The van der Waals surface area contributed by atoms with Gasteiger partial charge in [0.15, 0.2) is 6.10 Å². The minimum Gasteiger partial charge on any atom is -0.506 e. The number of benzene rings is 3. The largest absolute Gasteiger partial charge is 0.506 e. The van der Waals surface area contributed by atoms with Crippen LogP contribution in [0.25, 0.3) is 0 Å². The first-order valence-electron chi connectivity index (χ1n) is 9.41. The Morgan fingerprint density at radius 2 is 1.78 bits per heavy atom. The number of methoxy groups -OCH3 is 1. The Morgan fingerprint density at radius 3 is 2.50 bits per heavy atom. The van der Waals surface area contributed by atoms with Gasteiger partial charge in [0.1, 0.15) is 17.2 Å². The second-order valence-corrected chi connectivity index (χ2v) is 8.81. The van der Waals surface area contributed by atoms with E-state index in [0.717, 1.165) is 6.07 Å². The summed E-state index contributed by atoms with van der Waals surface area (Å²) in [6.45, 7) is 1.51. The summed E-state index contributed by atoms with van der Waals surface area (Å²) < 4.78 is 38.8. The Labute approximate surface area is 190 Å². The van der Waals surface area contributed by atoms with Crippen LogP contribution in [-0.4, -0.2) is 32.6 Å². The number of halogens is 1. The predicted octanol–water partition coefficient (Wildman–Crippen LogP) is 4.26. The average Bonchev–Trinajstić information content (AvgIpc) is 2.75. The van der Waals surface area contributed by atoms with Crippen molar-refractivity contribution in [2.24, 2.45) is 0 Å². The van der Waals surface area contributed by atoms with Crippen molar-refractivity contribution in [1.82, 2.24) is 0 Å². The number of rotatable bonds is 8. The van der Waals surface area contributed by atoms with Gasteiger partial charge in [-0.2, -0.15) is 0 Å². The van der Waals surface area contributed by atoms with Gasteiger partial charge in [-0.05, 0) is 55.5 Å². The topological polar surface area (TPSA) is 114 Å².